The Hall–Kier alpha value is -1.59. The van der Waals surface area contributed by atoms with Gasteiger partial charge in [0.2, 0.25) is 0 Å². The molecule has 132 valence electrons. The molecular weight excluding hydrogens is 302 g/mol. The fraction of sp³-hybridized carbons (Fsp3) is 0.632. The molecule has 0 spiro atoms. The molecule has 2 N–H and O–H groups in total. The number of aliphatic hydroxyl groups excluding tert-OH is 1. The second-order valence-electron chi connectivity index (χ2n) is 7.01. The molecule has 2 amide bonds. The Kier molecular flexibility index (Phi) is 6.10. The molecule has 1 aliphatic carbocycles. The predicted molar refractivity (Wildman–Crippen MR) is 94.8 cm³/mol. The molecule has 1 heterocycles. The molecule has 24 heavy (non-hydrogen) atoms. The van der Waals surface area contributed by atoms with Crippen LogP contribution in [0, 0.1) is 5.92 Å². The number of urea groups is 1. The minimum Gasteiger partial charge on any atom is -0.396 e. The summed E-state index contributed by atoms with van der Waals surface area (Å²) in [5.74, 6) is 0.909. The summed E-state index contributed by atoms with van der Waals surface area (Å²) in [6, 6.07) is 10.0. The van der Waals surface area contributed by atoms with Crippen LogP contribution in [-0.4, -0.2) is 60.3 Å². The van der Waals surface area contributed by atoms with Gasteiger partial charge in [-0.15, -0.1) is 0 Å². The highest BCUT2D eigenvalue weighted by Crippen LogP contribution is 2.30. The Labute approximate surface area is 144 Å². The highest BCUT2D eigenvalue weighted by atomic mass is 16.3. The van der Waals surface area contributed by atoms with E-state index in [2.05, 4.69) is 10.2 Å². The minimum atomic E-state index is -0.0321. The topological polar surface area (TPSA) is 55.8 Å². The van der Waals surface area contributed by atoms with Crippen molar-refractivity contribution in [3.05, 3.63) is 35.9 Å². The summed E-state index contributed by atoms with van der Waals surface area (Å²) in [6.45, 7) is 4.94. The van der Waals surface area contributed by atoms with Crippen molar-refractivity contribution in [2.45, 2.75) is 31.7 Å². The number of amides is 2. The van der Waals surface area contributed by atoms with Gasteiger partial charge in [-0.05, 0) is 37.2 Å². The second kappa shape index (κ2) is 8.49. The molecule has 1 aromatic carbocycles. The van der Waals surface area contributed by atoms with Crippen LogP contribution < -0.4 is 5.32 Å². The molecule has 0 aromatic heterocycles. The number of carbonyl (C=O) groups excluding carboxylic acids is 1. The Bertz CT molecular complexity index is 511. The Balaban J connectivity index is 1.51. The third-order valence-electron chi connectivity index (χ3n) is 5.02. The summed E-state index contributed by atoms with van der Waals surface area (Å²) in [6.07, 6.45) is 4.21. The number of piperazine rings is 1. The van der Waals surface area contributed by atoms with E-state index in [0.29, 0.717) is 6.42 Å². The SMILES string of the molecule is O=C(NC(CCCO)c1ccccc1)N1CCN(CC2CC2)CC1. The number of nitrogens with one attached hydrogen (secondary N) is 1. The van der Waals surface area contributed by atoms with E-state index in [1.807, 2.05) is 35.2 Å². The summed E-state index contributed by atoms with van der Waals surface area (Å²) < 4.78 is 0. The van der Waals surface area contributed by atoms with Crippen LogP contribution in [-0.2, 0) is 0 Å². The number of rotatable bonds is 7. The third kappa shape index (κ3) is 4.95. The highest BCUT2D eigenvalue weighted by molar-refractivity contribution is 5.74. The van der Waals surface area contributed by atoms with Gasteiger partial charge in [0.1, 0.15) is 0 Å². The Morgan fingerprint density at radius 2 is 1.88 bits per heavy atom. The van der Waals surface area contributed by atoms with Crippen molar-refractivity contribution >= 4 is 6.03 Å². The number of carbonyl (C=O) groups is 1. The van der Waals surface area contributed by atoms with Gasteiger partial charge in [0.05, 0.1) is 6.04 Å². The molecular formula is C19H29N3O2. The molecule has 0 bridgehead atoms. The largest absolute Gasteiger partial charge is 0.396 e. The van der Waals surface area contributed by atoms with Gasteiger partial charge in [-0.3, -0.25) is 4.90 Å². The maximum absolute atomic E-state index is 12.6. The molecule has 5 nitrogen and oxygen atoms in total. The summed E-state index contributed by atoms with van der Waals surface area (Å²) in [4.78, 5) is 17.0. The van der Waals surface area contributed by atoms with Crippen LogP contribution in [0.5, 0.6) is 0 Å². The Morgan fingerprint density at radius 3 is 2.50 bits per heavy atom. The van der Waals surface area contributed by atoms with Gasteiger partial charge in [0, 0.05) is 39.3 Å². The molecule has 1 aliphatic heterocycles. The molecule has 1 saturated carbocycles. The first kappa shape index (κ1) is 17.2. The van der Waals surface area contributed by atoms with E-state index in [1.165, 1.54) is 19.4 Å². The van der Waals surface area contributed by atoms with Crippen molar-refractivity contribution in [3.63, 3.8) is 0 Å². The van der Waals surface area contributed by atoms with Crippen LogP contribution in [0.15, 0.2) is 30.3 Å². The van der Waals surface area contributed by atoms with Gasteiger partial charge < -0.3 is 15.3 Å². The van der Waals surface area contributed by atoms with Gasteiger partial charge in [0.15, 0.2) is 0 Å². The average molecular weight is 331 g/mol. The van der Waals surface area contributed by atoms with E-state index in [4.69, 9.17) is 5.11 Å². The van der Waals surface area contributed by atoms with E-state index < -0.39 is 0 Å². The summed E-state index contributed by atoms with van der Waals surface area (Å²) in [7, 11) is 0. The normalized spacial score (nSPS) is 20.0. The standard InChI is InChI=1S/C19H29N3O2/c23-14-4-7-18(17-5-2-1-3-6-17)20-19(24)22-12-10-21(11-13-22)15-16-8-9-16/h1-3,5-6,16,18,23H,4,7-15H2,(H,20,24). The van der Waals surface area contributed by atoms with Crippen LogP contribution in [0.3, 0.4) is 0 Å². The zero-order chi connectivity index (χ0) is 16.8. The van der Waals surface area contributed by atoms with E-state index in [9.17, 15) is 4.79 Å². The van der Waals surface area contributed by atoms with Gasteiger partial charge in [-0.1, -0.05) is 30.3 Å². The summed E-state index contributed by atoms with van der Waals surface area (Å²) >= 11 is 0. The first-order valence-corrected chi connectivity index (χ1v) is 9.20. The van der Waals surface area contributed by atoms with E-state index in [1.54, 1.807) is 0 Å². The molecule has 5 heteroatoms. The monoisotopic (exact) mass is 331 g/mol. The maximum Gasteiger partial charge on any atom is 0.317 e. The van der Waals surface area contributed by atoms with Crippen LogP contribution in [0.1, 0.15) is 37.3 Å². The van der Waals surface area contributed by atoms with Crippen LogP contribution in [0.4, 0.5) is 4.79 Å². The zero-order valence-electron chi connectivity index (χ0n) is 14.4. The first-order valence-electron chi connectivity index (χ1n) is 9.20. The smallest absolute Gasteiger partial charge is 0.317 e. The lowest BCUT2D eigenvalue weighted by molar-refractivity contribution is 0.133. The number of nitrogens with zero attached hydrogens (tertiary/aromatic N) is 2. The molecule has 1 unspecified atom stereocenters. The van der Waals surface area contributed by atoms with Crippen molar-refractivity contribution in [2.75, 3.05) is 39.3 Å². The average Bonchev–Trinajstić information content (AvgIpc) is 3.44. The zero-order valence-corrected chi connectivity index (χ0v) is 14.4. The lowest BCUT2D eigenvalue weighted by Gasteiger charge is -2.35. The number of aliphatic hydroxyl groups is 1. The van der Waals surface area contributed by atoms with E-state index >= 15 is 0 Å². The van der Waals surface area contributed by atoms with Crippen LogP contribution >= 0.6 is 0 Å². The number of benzene rings is 1. The van der Waals surface area contributed by atoms with Gasteiger partial charge >= 0.3 is 6.03 Å². The van der Waals surface area contributed by atoms with Gasteiger partial charge in [-0.2, -0.15) is 0 Å². The van der Waals surface area contributed by atoms with Gasteiger partial charge in [0.25, 0.3) is 0 Å². The van der Waals surface area contributed by atoms with E-state index in [-0.39, 0.29) is 18.7 Å². The molecule has 1 aromatic rings. The van der Waals surface area contributed by atoms with Crippen molar-refractivity contribution in [1.82, 2.24) is 15.1 Å². The fourth-order valence-electron chi connectivity index (χ4n) is 3.34. The molecule has 1 saturated heterocycles. The lowest BCUT2D eigenvalue weighted by Crippen LogP contribution is -2.52. The molecule has 3 rings (SSSR count). The Morgan fingerprint density at radius 1 is 1.17 bits per heavy atom. The van der Waals surface area contributed by atoms with Crippen LogP contribution in [0.2, 0.25) is 0 Å². The summed E-state index contributed by atoms with van der Waals surface area (Å²) in [5, 5.41) is 12.3. The lowest BCUT2D eigenvalue weighted by atomic mass is 10.0. The van der Waals surface area contributed by atoms with Crippen LogP contribution in [0.25, 0.3) is 0 Å². The second-order valence-corrected chi connectivity index (χ2v) is 7.01. The van der Waals surface area contributed by atoms with Crippen molar-refractivity contribution < 1.29 is 9.90 Å². The minimum absolute atomic E-state index is 0.0212. The number of hydrogen-bond donors (Lipinski definition) is 2. The highest BCUT2D eigenvalue weighted by Gasteiger charge is 2.28. The van der Waals surface area contributed by atoms with Crippen molar-refractivity contribution in [3.8, 4) is 0 Å². The fourth-order valence-corrected chi connectivity index (χ4v) is 3.34. The third-order valence-corrected chi connectivity index (χ3v) is 5.02. The maximum atomic E-state index is 12.6. The molecule has 2 aliphatic rings. The predicted octanol–water partition coefficient (Wildman–Crippen LogP) is 2.24. The van der Waals surface area contributed by atoms with Gasteiger partial charge in [-0.25, -0.2) is 4.79 Å². The first-order chi connectivity index (χ1) is 11.8. The number of hydrogen-bond acceptors (Lipinski definition) is 3. The van der Waals surface area contributed by atoms with E-state index in [0.717, 1.165) is 44.1 Å². The molecule has 1 atom stereocenters. The summed E-state index contributed by atoms with van der Waals surface area (Å²) in [5.41, 5.74) is 1.10. The van der Waals surface area contributed by atoms with Crippen molar-refractivity contribution in [1.29, 1.82) is 0 Å². The molecule has 0 radical (unpaired) electrons. The quantitative estimate of drug-likeness (QED) is 0.806. The molecule has 2 fully saturated rings. The van der Waals surface area contributed by atoms with Crippen molar-refractivity contribution in [2.24, 2.45) is 5.92 Å².